The van der Waals surface area contributed by atoms with Gasteiger partial charge in [-0.25, -0.2) is 4.85 Å². The molecular weight excluding hydrogens is 574 g/mol. The van der Waals surface area contributed by atoms with E-state index in [0.29, 0.717) is 5.69 Å². The van der Waals surface area contributed by atoms with E-state index in [-0.39, 0.29) is 0 Å². The van der Waals surface area contributed by atoms with Crippen LogP contribution >= 0.6 is 0 Å². The third kappa shape index (κ3) is 3.57. The molecule has 4 heteroatoms. The predicted octanol–water partition coefficient (Wildman–Crippen LogP) is 12.0. The lowest BCUT2D eigenvalue weighted by Gasteiger charge is -2.17. The van der Waals surface area contributed by atoms with Gasteiger partial charge in [0.25, 0.3) is 0 Å². The minimum absolute atomic E-state index is 0.618. The molecule has 0 fully saturated rings. The molecule has 0 unspecified atom stereocenters. The summed E-state index contributed by atoms with van der Waals surface area (Å²) in [6, 6.07) is 52.8. The van der Waals surface area contributed by atoms with Gasteiger partial charge in [-0.3, -0.25) is 0 Å². The van der Waals surface area contributed by atoms with Crippen LogP contribution in [0.2, 0.25) is 0 Å². The van der Waals surface area contributed by atoms with Crippen LogP contribution in [0.5, 0.6) is 0 Å². The Morgan fingerprint density at radius 3 is 1.72 bits per heavy atom. The van der Waals surface area contributed by atoms with Crippen LogP contribution in [-0.4, -0.2) is 9.13 Å². The summed E-state index contributed by atoms with van der Waals surface area (Å²) >= 11 is 0. The van der Waals surface area contributed by atoms with Crippen LogP contribution in [-0.2, 0) is 0 Å². The van der Waals surface area contributed by atoms with Gasteiger partial charge in [-0.1, -0.05) is 109 Å². The van der Waals surface area contributed by atoms with E-state index in [0.717, 1.165) is 71.9 Å². The van der Waals surface area contributed by atoms with Crippen LogP contribution in [0.25, 0.3) is 92.9 Å². The van der Waals surface area contributed by atoms with Gasteiger partial charge in [-0.15, -0.1) is 0 Å². The van der Waals surface area contributed by atoms with Gasteiger partial charge in [0.05, 0.1) is 34.3 Å². The van der Waals surface area contributed by atoms with Crippen molar-refractivity contribution in [2.75, 3.05) is 0 Å². The standard InChI is InChI=1S/C43H25N3O/c1-44-36-16-10-15-29(41(36)46-38-18-7-2-11-30(38)31-12-3-8-19-39(31)46)27-21-23-28(24-22-27)45-37-17-6-4-13-32(37)34-25-26-35-33-14-5-9-20-40(33)47-43(35)42(34)45/h2-26H. The van der Waals surface area contributed by atoms with E-state index >= 15 is 0 Å². The van der Waals surface area contributed by atoms with Crippen molar-refractivity contribution in [3.8, 4) is 22.5 Å². The summed E-state index contributed by atoms with van der Waals surface area (Å²) in [4.78, 5) is 4.01. The van der Waals surface area contributed by atoms with E-state index in [2.05, 4.69) is 141 Å². The first-order chi connectivity index (χ1) is 23.3. The van der Waals surface area contributed by atoms with Crippen LogP contribution in [0.3, 0.4) is 0 Å². The Hall–Kier alpha value is -6.57. The maximum Gasteiger partial charge on any atom is 0.211 e. The van der Waals surface area contributed by atoms with Gasteiger partial charge in [-0.2, -0.15) is 0 Å². The summed E-state index contributed by atoms with van der Waals surface area (Å²) in [5.41, 5.74) is 10.8. The average Bonchev–Trinajstić information content (AvgIpc) is 3.79. The number of rotatable bonds is 3. The molecule has 10 rings (SSSR count). The number of nitrogens with zero attached hydrogens (tertiary/aromatic N) is 3. The maximum atomic E-state index is 8.15. The summed E-state index contributed by atoms with van der Waals surface area (Å²) in [6.45, 7) is 8.15. The Labute approximate surface area is 269 Å². The lowest BCUT2D eigenvalue weighted by atomic mass is 10.0. The Morgan fingerprint density at radius 1 is 0.468 bits per heavy atom. The number of hydrogen-bond donors (Lipinski definition) is 0. The van der Waals surface area contributed by atoms with Crippen LogP contribution in [0.1, 0.15) is 0 Å². The van der Waals surface area contributed by atoms with Gasteiger partial charge in [0.1, 0.15) is 5.58 Å². The molecule has 0 bridgehead atoms. The number of fused-ring (bicyclic) bond motifs is 10. The Kier molecular flexibility index (Phi) is 5.32. The molecule has 47 heavy (non-hydrogen) atoms. The van der Waals surface area contributed by atoms with Crippen molar-refractivity contribution >= 4 is 71.2 Å². The zero-order chi connectivity index (χ0) is 31.1. The van der Waals surface area contributed by atoms with E-state index in [4.69, 9.17) is 11.0 Å². The van der Waals surface area contributed by atoms with Gasteiger partial charge in [0.15, 0.2) is 5.58 Å². The predicted molar refractivity (Wildman–Crippen MR) is 194 cm³/mol. The Morgan fingerprint density at radius 2 is 1.04 bits per heavy atom. The second-order valence-electron chi connectivity index (χ2n) is 12.0. The molecule has 0 aliphatic heterocycles. The first kappa shape index (κ1) is 25.7. The highest BCUT2D eigenvalue weighted by atomic mass is 16.3. The van der Waals surface area contributed by atoms with Gasteiger partial charge in [0, 0.05) is 38.0 Å². The van der Waals surface area contributed by atoms with Crippen LogP contribution in [0, 0.1) is 6.57 Å². The van der Waals surface area contributed by atoms with Gasteiger partial charge < -0.3 is 13.6 Å². The quantitative estimate of drug-likeness (QED) is 0.186. The van der Waals surface area contributed by atoms with Gasteiger partial charge in [0.2, 0.25) is 5.69 Å². The molecule has 3 aromatic heterocycles. The van der Waals surface area contributed by atoms with Crippen molar-refractivity contribution in [1.82, 2.24) is 9.13 Å². The molecule has 7 aromatic carbocycles. The lowest BCUT2D eigenvalue weighted by Crippen LogP contribution is -1.98. The van der Waals surface area contributed by atoms with Gasteiger partial charge >= 0.3 is 0 Å². The highest BCUT2D eigenvalue weighted by molar-refractivity contribution is 6.21. The van der Waals surface area contributed by atoms with Crippen LogP contribution < -0.4 is 0 Å². The molecule has 0 aliphatic rings. The molecular formula is C43H25N3O. The molecule has 0 radical (unpaired) electrons. The second-order valence-corrected chi connectivity index (χ2v) is 12.0. The smallest absolute Gasteiger partial charge is 0.211 e. The topological polar surface area (TPSA) is 27.4 Å². The normalized spacial score (nSPS) is 11.8. The molecule has 0 N–H and O–H groups in total. The van der Waals surface area contributed by atoms with E-state index in [1.807, 2.05) is 24.3 Å². The largest absolute Gasteiger partial charge is 0.454 e. The van der Waals surface area contributed by atoms with Crippen molar-refractivity contribution in [3.05, 3.63) is 163 Å². The van der Waals surface area contributed by atoms with Crippen molar-refractivity contribution in [2.45, 2.75) is 0 Å². The number of aromatic nitrogens is 2. The molecule has 0 atom stereocenters. The SMILES string of the molecule is [C-]#[N+]c1cccc(-c2ccc(-n3c4ccccc4c4ccc5c6ccccc6oc5c43)cc2)c1-n1c2ccccc2c2ccccc21. The monoisotopic (exact) mass is 599 g/mol. The van der Waals surface area contributed by atoms with Crippen molar-refractivity contribution < 1.29 is 4.42 Å². The molecule has 0 spiro atoms. The second kappa shape index (κ2) is 9.71. The molecule has 0 amide bonds. The number of benzene rings is 7. The maximum absolute atomic E-state index is 8.15. The highest BCUT2D eigenvalue weighted by Crippen LogP contribution is 2.43. The van der Waals surface area contributed by atoms with Crippen molar-refractivity contribution in [2.24, 2.45) is 0 Å². The first-order valence-corrected chi connectivity index (χ1v) is 15.7. The molecule has 0 aliphatic carbocycles. The average molecular weight is 600 g/mol. The van der Waals surface area contributed by atoms with Crippen molar-refractivity contribution in [1.29, 1.82) is 0 Å². The summed E-state index contributed by atoms with van der Waals surface area (Å²) in [7, 11) is 0. The zero-order valence-corrected chi connectivity index (χ0v) is 25.2. The van der Waals surface area contributed by atoms with Crippen LogP contribution in [0.4, 0.5) is 5.69 Å². The summed E-state index contributed by atoms with van der Waals surface area (Å²) in [6.07, 6.45) is 0. The third-order valence-corrected chi connectivity index (χ3v) is 9.55. The molecule has 218 valence electrons. The first-order valence-electron chi connectivity index (χ1n) is 15.7. The fraction of sp³-hybridized carbons (Fsp3) is 0. The zero-order valence-electron chi connectivity index (χ0n) is 25.2. The molecule has 4 nitrogen and oxygen atoms in total. The van der Waals surface area contributed by atoms with Crippen LogP contribution in [0.15, 0.2) is 156 Å². The molecule has 0 saturated carbocycles. The summed E-state index contributed by atoms with van der Waals surface area (Å²) < 4.78 is 11.1. The minimum atomic E-state index is 0.618. The number of para-hydroxylation sites is 5. The fourth-order valence-electron chi connectivity index (χ4n) is 7.54. The van der Waals surface area contributed by atoms with E-state index in [9.17, 15) is 0 Å². The molecule has 3 heterocycles. The Balaban J connectivity index is 1.22. The third-order valence-electron chi connectivity index (χ3n) is 9.55. The summed E-state index contributed by atoms with van der Waals surface area (Å²) in [5, 5.41) is 6.93. The van der Waals surface area contributed by atoms with Crippen molar-refractivity contribution in [3.63, 3.8) is 0 Å². The Bertz CT molecular complexity index is 2860. The number of hydrogen-bond acceptors (Lipinski definition) is 1. The van der Waals surface area contributed by atoms with E-state index < -0.39 is 0 Å². The molecule has 0 saturated heterocycles. The van der Waals surface area contributed by atoms with Gasteiger partial charge in [-0.05, 0) is 53.6 Å². The number of furan rings is 1. The minimum Gasteiger partial charge on any atom is -0.454 e. The molecule has 10 aromatic rings. The summed E-state index contributed by atoms with van der Waals surface area (Å²) in [5.74, 6) is 0. The highest BCUT2D eigenvalue weighted by Gasteiger charge is 2.21. The fourth-order valence-corrected chi connectivity index (χ4v) is 7.54. The van der Waals surface area contributed by atoms with E-state index in [1.165, 1.54) is 16.2 Å². The lowest BCUT2D eigenvalue weighted by molar-refractivity contribution is 0.671. The van der Waals surface area contributed by atoms with E-state index in [1.54, 1.807) is 0 Å².